The van der Waals surface area contributed by atoms with Crippen molar-refractivity contribution in [2.24, 2.45) is 0 Å². The van der Waals surface area contributed by atoms with Crippen LogP contribution in [-0.4, -0.2) is 40.9 Å². The van der Waals surface area contributed by atoms with Crippen LogP contribution in [0, 0.1) is 12.7 Å². The number of likely N-dealkylation sites (tertiary alicyclic amines) is 1. The predicted octanol–water partition coefficient (Wildman–Crippen LogP) is 4.07. The first-order valence-electron chi connectivity index (χ1n) is 8.44. The zero-order valence-corrected chi connectivity index (χ0v) is 15.1. The number of anilines is 1. The molecular weight excluding hydrogens is 311 g/mol. The van der Waals surface area contributed by atoms with Gasteiger partial charge in [0.15, 0.2) is 0 Å². The molecule has 0 radical (unpaired) electrons. The molecule has 5 heteroatoms. The molecule has 0 spiro atoms. The van der Waals surface area contributed by atoms with E-state index in [2.05, 4.69) is 17.1 Å². The summed E-state index contributed by atoms with van der Waals surface area (Å²) >= 11 is 1.98. The third-order valence-corrected chi connectivity index (χ3v) is 5.64. The number of rotatable bonds is 5. The van der Waals surface area contributed by atoms with Crippen LogP contribution < -0.4 is 5.32 Å². The van der Waals surface area contributed by atoms with Crippen LogP contribution in [0.1, 0.15) is 38.7 Å². The van der Waals surface area contributed by atoms with Gasteiger partial charge >= 0.3 is 0 Å². The number of aryl methyl sites for hydroxylation is 1. The minimum Gasteiger partial charge on any atom is -0.324 e. The summed E-state index contributed by atoms with van der Waals surface area (Å²) in [6.45, 7) is 7.91. The second-order valence-corrected chi connectivity index (χ2v) is 7.77. The van der Waals surface area contributed by atoms with E-state index in [1.54, 1.807) is 6.07 Å². The van der Waals surface area contributed by atoms with Crippen molar-refractivity contribution >= 4 is 23.4 Å². The Bertz CT molecular complexity index is 538. The van der Waals surface area contributed by atoms with Crippen LogP contribution in [0.3, 0.4) is 0 Å². The molecule has 1 heterocycles. The fourth-order valence-electron chi connectivity index (χ4n) is 2.99. The Morgan fingerprint density at radius 2 is 2.26 bits per heavy atom. The lowest BCUT2D eigenvalue weighted by molar-refractivity contribution is -0.120. The lowest BCUT2D eigenvalue weighted by atomic mass is 10.1. The lowest BCUT2D eigenvalue weighted by Gasteiger charge is -2.29. The highest BCUT2D eigenvalue weighted by Gasteiger charge is 2.26. The molecule has 128 valence electrons. The quantitative estimate of drug-likeness (QED) is 0.878. The molecule has 0 bridgehead atoms. The van der Waals surface area contributed by atoms with Crippen molar-refractivity contribution in [3.8, 4) is 0 Å². The minimum atomic E-state index is -0.326. The largest absolute Gasteiger partial charge is 0.324 e. The van der Waals surface area contributed by atoms with E-state index in [1.807, 2.05) is 25.6 Å². The van der Waals surface area contributed by atoms with Crippen LogP contribution in [0.4, 0.5) is 10.1 Å². The zero-order valence-electron chi connectivity index (χ0n) is 14.3. The Labute approximate surface area is 143 Å². The van der Waals surface area contributed by atoms with Gasteiger partial charge < -0.3 is 5.32 Å². The van der Waals surface area contributed by atoms with Gasteiger partial charge in [-0.1, -0.05) is 19.4 Å². The normalized spacial score (nSPS) is 20.8. The molecule has 1 saturated heterocycles. The van der Waals surface area contributed by atoms with Crippen LogP contribution >= 0.6 is 11.8 Å². The van der Waals surface area contributed by atoms with Gasteiger partial charge in [0.2, 0.25) is 5.91 Å². The van der Waals surface area contributed by atoms with E-state index in [9.17, 15) is 9.18 Å². The molecule has 1 aliphatic heterocycles. The van der Waals surface area contributed by atoms with E-state index in [0.29, 0.717) is 10.9 Å². The van der Waals surface area contributed by atoms with Crippen molar-refractivity contribution in [1.82, 2.24) is 4.90 Å². The molecule has 0 saturated carbocycles. The Morgan fingerprint density at radius 1 is 1.48 bits per heavy atom. The molecule has 2 rings (SSSR count). The van der Waals surface area contributed by atoms with Gasteiger partial charge in [-0.2, -0.15) is 11.8 Å². The number of hydrogen-bond acceptors (Lipinski definition) is 3. The number of hydrogen-bond donors (Lipinski definition) is 1. The number of halogens is 1. The second kappa shape index (κ2) is 8.69. The maximum atomic E-state index is 13.4. The number of nitrogens with zero attached hydrogens (tertiary/aromatic N) is 1. The molecule has 1 aromatic carbocycles. The standard InChI is InChI=1S/C18H27FN2OS/c1-4-23-16-7-5-6-10-21(12-16)14(3)18(22)20-17-11-15(19)9-8-13(17)2/h8-9,11,14,16H,4-7,10,12H2,1-3H3,(H,20,22). The van der Waals surface area contributed by atoms with Crippen LogP contribution in [0.2, 0.25) is 0 Å². The van der Waals surface area contributed by atoms with Crippen molar-refractivity contribution in [3.63, 3.8) is 0 Å². The lowest BCUT2D eigenvalue weighted by Crippen LogP contribution is -2.44. The third kappa shape index (κ3) is 5.21. The first-order valence-corrected chi connectivity index (χ1v) is 9.48. The van der Waals surface area contributed by atoms with Crippen LogP contribution in [0.15, 0.2) is 18.2 Å². The van der Waals surface area contributed by atoms with Gasteiger partial charge in [-0.25, -0.2) is 4.39 Å². The van der Waals surface area contributed by atoms with Crippen molar-refractivity contribution in [3.05, 3.63) is 29.6 Å². The number of nitrogens with one attached hydrogen (secondary N) is 1. The summed E-state index contributed by atoms with van der Waals surface area (Å²) in [4.78, 5) is 14.8. The molecule has 2 atom stereocenters. The van der Waals surface area contributed by atoms with E-state index >= 15 is 0 Å². The molecule has 23 heavy (non-hydrogen) atoms. The molecule has 2 unspecified atom stereocenters. The molecule has 1 fully saturated rings. The van der Waals surface area contributed by atoms with E-state index in [1.165, 1.54) is 25.0 Å². The number of thioether (sulfide) groups is 1. The highest BCUT2D eigenvalue weighted by atomic mass is 32.2. The Hall–Kier alpha value is -1.07. The summed E-state index contributed by atoms with van der Waals surface area (Å²) in [6.07, 6.45) is 3.59. The highest BCUT2D eigenvalue weighted by molar-refractivity contribution is 7.99. The molecule has 1 amide bonds. The molecule has 3 nitrogen and oxygen atoms in total. The maximum Gasteiger partial charge on any atom is 0.241 e. The zero-order chi connectivity index (χ0) is 16.8. The fourth-order valence-corrected chi connectivity index (χ4v) is 4.09. The minimum absolute atomic E-state index is 0.0548. The first-order chi connectivity index (χ1) is 11.0. The second-order valence-electron chi connectivity index (χ2n) is 6.19. The predicted molar refractivity (Wildman–Crippen MR) is 96.6 cm³/mol. The first kappa shape index (κ1) is 18.3. The van der Waals surface area contributed by atoms with Crippen molar-refractivity contribution in [1.29, 1.82) is 0 Å². The van der Waals surface area contributed by atoms with Crippen LogP contribution in [0.25, 0.3) is 0 Å². The van der Waals surface area contributed by atoms with Gasteiger partial charge in [-0.05, 0) is 56.7 Å². The molecule has 1 aromatic rings. The van der Waals surface area contributed by atoms with Crippen LogP contribution in [-0.2, 0) is 4.79 Å². The van der Waals surface area contributed by atoms with Crippen molar-refractivity contribution in [2.45, 2.75) is 51.3 Å². The summed E-state index contributed by atoms with van der Waals surface area (Å²) < 4.78 is 13.4. The molecule has 1 aliphatic rings. The SMILES string of the molecule is CCSC1CCCCN(C(C)C(=O)Nc2cc(F)ccc2C)C1. The topological polar surface area (TPSA) is 32.3 Å². The maximum absolute atomic E-state index is 13.4. The Morgan fingerprint density at radius 3 is 3.00 bits per heavy atom. The Balaban J connectivity index is 2.01. The van der Waals surface area contributed by atoms with Gasteiger partial charge in [0, 0.05) is 17.5 Å². The monoisotopic (exact) mass is 338 g/mol. The van der Waals surface area contributed by atoms with Crippen molar-refractivity contribution in [2.75, 3.05) is 24.2 Å². The fraction of sp³-hybridized carbons (Fsp3) is 0.611. The highest BCUT2D eigenvalue weighted by Crippen LogP contribution is 2.24. The van der Waals surface area contributed by atoms with Gasteiger partial charge in [-0.3, -0.25) is 9.69 Å². The number of carbonyl (C=O) groups excluding carboxylic acids is 1. The van der Waals surface area contributed by atoms with E-state index < -0.39 is 0 Å². The average molecular weight is 338 g/mol. The van der Waals surface area contributed by atoms with Crippen molar-refractivity contribution < 1.29 is 9.18 Å². The van der Waals surface area contributed by atoms with Gasteiger partial charge in [0.25, 0.3) is 0 Å². The van der Waals surface area contributed by atoms with Gasteiger partial charge in [0.05, 0.1) is 6.04 Å². The average Bonchev–Trinajstić information content (AvgIpc) is 2.76. The summed E-state index contributed by atoms with van der Waals surface area (Å²) in [5.41, 5.74) is 1.44. The van der Waals surface area contributed by atoms with Crippen LogP contribution in [0.5, 0.6) is 0 Å². The third-order valence-electron chi connectivity index (χ3n) is 4.45. The summed E-state index contributed by atoms with van der Waals surface area (Å²) in [5.74, 6) is 0.732. The van der Waals surface area contributed by atoms with Gasteiger partial charge in [-0.15, -0.1) is 0 Å². The number of benzene rings is 1. The summed E-state index contributed by atoms with van der Waals surface area (Å²) in [6, 6.07) is 4.29. The molecule has 0 aromatic heterocycles. The van der Waals surface area contributed by atoms with E-state index in [-0.39, 0.29) is 17.8 Å². The molecular formula is C18H27FN2OS. The smallest absolute Gasteiger partial charge is 0.241 e. The van der Waals surface area contributed by atoms with Gasteiger partial charge in [0.1, 0.15) is 5.82 Å². The number of carbonyl (C=O) groups is 1. The number of amides is 1. The summed E-state index contributed by atoms with van der Waals surface area (Å²) in [7, 11) is 0. The molecule has 1 N–H and O–H groups in total. The van der Waals surface area contributed by atoms with E-state index in [0.717, 1.165) is 30.8 Å². The van der Waals surface area contributed by atoms with E-state index in [4.69, 9.17) is 0 Å². The molecule has 0 aliphatic carbocycles. The Kier molecular flexibility index (Phi) is 6.90. The summed E-state index contributed by atoms with van der Waals surface area (Å²) in [5, 5.41) is 3.49.